The van der Waals surface area contributed by atoms with Gasteiger partial charge in [0.15, 0.2) is 17.5 Å². The van der Waals surface area contributed by atoms with E-state index in [1.807, 2.05) is 0 Å². The van der Waals surface area contributed by atoms with Crippen molar-refractivity contribution in [2.24, 2.45) is 17.8 Å². The first kappa shape index (κ1) is 25.8. The van der Waals surface area contributed by atoms with Crippen molar-refractivity contribution in [3.8, 4) is 0 Å². The van der Waals surface area contributed by atoms with Gasteiger partial charge in [-0.3, -0.25) is 9.59 Å². The van der Waals surface area contributed by atoms with Gasteiger partial charge in [-0.1, -0.05) is 5.16 Å². The highest BCUT2D eigenvalue weighted by molar-refractivity contribution is 5.93. The van der Waals surface area contributed by atoms with E-state index in [9.17, 15) is 22.8 Å². The van der Waals surface area contributed by atoms with Crippen molar-refractivity contribution in [3.05, 3.63) is 41.1 Å². The highest BCUT2D eigenvalue weighted by Gasteiger charge is 2.41. The molecule has 1 unspecified atom stereocenters. The molecular formula is C26H30F3N7O3. The van der Waals surface area contributed by atoms with Gasteiger partial charge in [0.2, 0.25) is 5.92 Å². The molecule has 3 heterocycles. The Morgan fingerprint density at radius 1 is 1.03 bits per heavy atom. The summed E-state index contributed by atoms with van der Waals surface area (Å²) < 4.78 is 48.5. The van der Waals surface area contributed by atoms with Gasteiger partial charge in [-0.25, -0.2) is 27.3 Å². The lowest BCUT2D eigenvalue weighted by atomic mass is 9.81. The molecule has 2 amide bonds. The molecule has 0 aromatic carbocycles. The number of halogens is 3. The normalized spacial score (nSPS) is 21.8. The second kappa shape index (κ2) is 9.91. The predicted molar refractivity (Wildman–Crippen MR) is 130 cm³/mol. The highest BCUT2D eigenvalue weighted by atomic mass is 19.3. The molecule has 3 aromatic heterocycles. The first-order valence-corrected chi connectivity index (χ1v) is 13.5. The molecule has 3 aliphatic rings. The smallest absolute Gasteiger partial charge is 0.276 e. The maximum Gasteiger partial charge on any atom is 0.276 e. The summed E-state index contributed by atoms with van der Waals surface area (Å²) in [7, 11) is 0. The van der Waals surface area contributed by atoms with Crippen LogP contribution in [0, 0.1) is 24.7 Å². The molecule has 208 valence electrons. The number of aryl methyl sites for hydroxylation is 1. The van der Waals surface area contributed by atoms with E-state index in [0.717, 1.165) is 31.2 Å². The van der Waals surface area contributed by atoms with Crippen molar-refractivity contribution < 1.29 is 27.4 Å². The zero-order valence-corrected chi connectivity index (χ0v) is 21.4. The lowest BCUT2D eigenvalue weighted by molar-refractivity contribution is -0.127. The van der Waals surface area contributed by atoms with E-state index in [1.54, 1.807) is 29.9 Å². The number of rotatable bonds is 9. The Morgan fingerprint density at radius 2 is 1.72 bits per heavy atom. The number of carbonyl (C=O) groups excluding carboxylic acids is 2. The van der Waals surface area contributed by atoms with Crippen LogP contribution >= 0.6 is 0 Å². The van der Waals surface area contributed by atoms with Crippen LogP contribution in [0.4, 0.5) is 13.2 Å². The number of hydrogen-bond donors (Lipinski definition) is 2. The van der Waals surface area contributed by atoms with E-state index in [0.29, 0.717) is 17.0 Å². The Bertz CT molecular complexity index is 1370. The van der Waals surface area contributed by atoms with Gasteiger partial charge in [0.1, 0.15) is 5.69 Å². The lowest BCUT2D eigenvalue weighted by Gasteiger charge is -2.33. The summed E-state index contributed by atoms with van der Waals surface area (Å²) in [6.45, 7) is 1.59. The molecule has 13 heteroatoms. The van der Waals surface area contributed by atoms with E-state index in [-0.39, 0.29) is 55.2 Å². The fourth-order valence-corrected chi connectivity index (χ4v) is 5.44. The SMILES string of the molecule is Cc1nonc1C(=O)N[C@H](c1cn2ncc(C(NC(=O)[C@H](F)C3CC3)C3CC3)cc2n1)C1CCC(F)(F)CC1. The third kappa shape index (κ3) is 5.48. The van der Waals surface area contributed by atoms with Gasteiger partial charge in [0, 0.05) is 12.8 Å². The first-order chi connectivity index (χ1) is 18.7. The molecule has 3 saturated carbocycles. The average Bonchev–Trinajstić information content (AvgIpc) is 3.84. The van der Waals surface area contributed by atoms with Crippen LogP contribution in [0.25, 0.3) is 5.65 Å². The maximum atomic E-state index is 14.4. The minimum Gasteiger partial charge on any atom is -0.346 e. The van der Waals surface area contributed by atoms with Gasteiger partial charge in [-0.15, -0.1) is 0 Å². The van der Waals surface area contributed by atoms with Crippen molar-refractivity contribution >= 4 is 17.5 Å². The van der Waals surface area contributed by atoms with Gasteiger partial charge in [0.25, 0.3) is 11.8 Å². The summed E-state index contributed by atoms with van der Waals surface area (Å²) in [6.07, 6.45) is 4.98. The molecular weight excluding hydrogens is 515 g/mol. The third-order valence-electron chi connectivity index (χ3n) is 8.10. The van der Waals surface area contributed by atoms with Crippen LogP contribution < -0.4 is 10.6 Å². The topological polar surface area (TPSA) is 127 Å². The Morgan fingerprint density at radius 3 is 2.36 bits per heavy atom. The zero-order valence-electron chi connectivity index (χ0n) is 21.4. The predicted octanol–water partition coefficient (Wildman–Crippen LogP) is 4.03. The molecule has 2 N–H and O–H groups in total. The Kier molecular flexibility index (Phi) is 6.54. The number of fused-ring (bicyclic) bond motifs is 1. The van der Waals surface area contributed by atoms with Crippen LogP contribution in [0.1, 0.15) is 90.9 Å². The third-order valence-corrected chi connectivity index (χ3v) is 8.10. The fraction of sp³-hybridized carbons (Fsp3) is 0.615. The van der Waals surface area contributed by atoms with Crippen LogP contribution in [-0.4, -0.2) is 48.8 Å². The summed E-state index contributed by atoms with van der Waals surface area (Å²) in [5.74, 6) is -4.12. The second-order valence-corrected chi connectivity index (χ2v) is 11.2. The molecule has 3 atom stereocenters. The summed E-state index contributed by atoms with van der Waals surface area (Å²) in [4.78, 5) is 30.2. The number of nitrogens with zero attached hydrogens (tertiary/aromatic N) is 5. The Labute approximate surface area is 222 Å². The molecule has 0 saturated heterocycles. The van der Waals surface area contributed by atoms with Crippen LogP contribution in [-0.2, 0) is 4.79 Å². The summed E-state index contributed by atoms with van der Waals surface area (Å²) in [5, 5.41) is 17.6. The molecule has 0 spiro atoms. The van der Waals surface area contributed by atoms with Crippen molar-refractivity contribution in [2.45, 2.75) is 82.5 Å². The number of aromatic nitrogens is 5. The molecule has 3 aromatic rings. The van der Waals surface area contributed by atoms with E-state index in [1.165, 1.54) is 0 Å². The number of amides is 2. The number of nitrogens with one attached hydrogen (secondary N) is 2. The number of alkyl halides is 3. The summed E-state index contributed by atoms with van der Waals surface area (Å²) in [5.41, 5.74) is 2.00. The zero-order chi connectivity index (χ0) is 27.3. The Hall–Kier alpha value is -3.51. The van der Waals surface area contributed by atoms with Gasteiger partial charge in [-0.2, -0.15) is 5.10 Å². The minimum atomic E-state index is -2.73. The molecule has 3 fully saturated rings. The van der Waals surface area contributed by atoms with Crippen molar-refractivity contribution in [1.29, 1.82) is 0 Å². The van der Waals surface area contributed by atoms with Crippen LogP contribution in [0.15, 0.2) is 23.1 Å². The Balaban J connectivity index is 1.27. The minimum absolute atomic E-state index is 0.0192. The van der Waals surface area contributed by atoms with Gasteiger partial charge in [0.05, 0.1) is 30.2 Å². The maximum absolute atomic E-state index is 14.4. The standard InChI is InChI=1S/C26H30F3N7O3/c1-13-21(35-39-34-13)25(38)33-23(16-6-8-26(28,29)9-7-16)18-12-36-19(31-18)10-17(11-30-36)22(15-4-5-15)32-24(37)20(27)14-2-3-14/h10-12,14-16,20,22-23H,2-9H2,1H3,(H,32,37)(H,33,38)/t20-,22?,23+/m1/s1. The molecule has 0 bridgehead atoms. The number of carbonyl (C=O) groups is 2. The van der Waals surface area contributed by atoms with Crippen LogP contribution in [0.2, 0.25) is 0 Å². The highest BCUT2D eigenvalue weighted by Crippen LogP contribution is 2.43. The summed E-state index contributed by atoms with van der Waals surface area (Å²) >= 11 is 0. The van der Waals surface area contributed by atoms with Gasteiger partial charge in [-0.05, 0) is 80.0 Å². The molecule has 39 heavy (non-hydrogen) atoms. The summed E-state index contributed by atoms with van der Waals surface area (Å²) in [6, 6.07) is 0.759. The molecule has 10 nitrogen and oxygen atoms in total. The first-order valence-electron chi connectivity index (χ1n) is 13.5. The molecule has 0 aliphatic heterocycles. The fourth-order valence-electron chi connectivity index (χ4n) is 5.44. The largest absolute Gasteiger partial charge is 0.346 e. The average molecular weight is 546 g/mol. The quantitative estimate of drug-likeness (QED) is 0.416. The van der Waals surface area contributed by atoms with Gasteiger partial charge >= 0.3 is 0 Å². The van der Waals surface area contributed by atoms with E-state index in [4.69, 9.17) is 4.98 Å². The van der Waals surface area contributed by atoms with Crippen molar-refractivity contribution in [2.75, 3.05) is 0 Å². The van der Waals surface area contributed by atoms with Crippen molar-refractivity contribution in [1.82, 2.24) is 35.5 Å². The second-order valence-electron chi connectivity index (χ2n) is 11.2. The van der Waals surface area contributed by atoms with E-state index < -0.39 is 30.0 Å². The van der Waals surface area contributed by atoms with Crippen molar-refractivity contribution in [3.63, 3.8) is 0 Å². The number of hydrogen-bond acceptors (Lipinski definition) is 7. The van der Waals surface area contributed by atoms with Gasteiger partial charge < -0.3 is 10.6 Å². The van der Waals surface area contributed by atoms with E-state index >= 15 is 0 Å². The molecule has 3 aliphatic carbocycles. The lowest BCUT2D eigenvalue weighted by Crippen LogP contribution is -2.37. The van der Waals surface area contributed by atoms with E-state index in [2.05, 4.69) is 30.7 Å². The van der Waals surface area contributed by atoms with Crippen LogP contribution in [0.5, 0.6) is 0 Å². The molecule has 6 rings (SSSR count). The monoisotopic (exact) mass is 545 g/mol. The van der Waals surface area contributed by atoms with Crippen LogP contribution in [0.3, 0.4) is 0 Å². The molecule has 0 radical (unpaired) electrons. The number of imidazole rings is 1.